The van der Waals surface area contributed by atoms with Crippen LogP contribution < -0.4 is 4.72 Å². The molecule has 2 heterocycles. The van der Waals surface area contributed by atoms with Gasteiger partial charge in [-0.1, -0.05) is 34.7 Å². The van der Waals surface area contributed by atoms with Crippen molar-refractivity contribution >= 4 is 55.2 Å². The topological polar surface area (TPSA) is 65.2 Å². The number of fused-ring (bicyclic) bond motifs is 1. The fourth-order valence-electron chi connectivity index (χ4n) is 2.81. The quantitative estimate of drug-likeness (QED) is 0.412. The Morgan fingerprint density at radius 2 is 2.25 bits per heavy atom. The van der Waals surface area contributed by atoms with Crippen molar-refractivity contribution in [1.29, 1.82) is 0 Å². The molecule has 0 fully saturated rings. The molecule has 0 saturated carbocycles. The molecular formula is C17H20IN3O2S. The first kappa shape index (κ1) is 17.7. The average Bonchev–Trinajstić information content (AvgIpc) is 3.03. The predicted molar refractivity (Wildman–Crippen MR) is 108 cm³/mol. The number of benzene rings is 1. The minimum absolute atomic E-state index is 0.868. The molecule has 128 valence electrons. The van der Waals surface area contributed by atoms with Gasteiger partial charge in [-0.25, -0.2) is 13.1 Å². The lowest BCUT2D eigenvalue weighted by molar-refractivity contribution is 0.363. The Labute approximate surface area is 156 Å². The summed E-state index contributed by atoms with van der Waals surface area (Å²) in [5, 5.41) is 2.33. The van der Waals surface area contributed by atoms with E-state index in [1.807, 2.05) is 24.4 Å². The van der Waals surface area contributed by atoms with Crippen molar-refractivity contribution in [2.24, 2.45) is 0 Å². The van der Waals surface area contributed by atoms with E-state index >= 15 is 0 Å². The van der Waals surface area contributed by atoms with Gasteiger partial charge in [-0.3, -0.25) is 4.90 Å². The molecule has 7 heteroatoms. The smallest absolute Gasteiger partial charge is 0.233 e. The summed E-state index contributed by atoms with van der Waals surface area (Å²) in [6.45, 7) is 2.05. The lowest BCUT2D eigenvalue weighted by atomic mass is 9.98. The number of hydrogen-bond acceptors (Lipinski definition) is 3. The van der Waals surface area contributed by atoms with Crippen LogP contribution in [-0.4, -0.2) is 43.0 Å². The minimum Gasteiger partial charge on any atom is -0.361 e. The molecule has 1 aromatic heterocycles. The van der Waals surface area contributed by atoms with E-state index in [1.54, 1.807) is 6.08 Å². The van der Waals surface area contributed by atoms with Crippen LogP contribution in [0, 0.1) is 0 Å². The van der Waals surface area contributed by atoms with Crippen molar-refractivity contribution in [2.45, 2.75) is 6.42 Å². The number of H-pyrrole nitrogens is 1. The Hall–Kier alpha value is -1.16. The molecular weight excluding hydrogens is 437 g/mol. The van der Waals surface area contributed by atoms with Gasteiger partial charge in [0.25, 0.3) is 0 Å². The van der Waals surface area contributed by atoms with Gasteiger partial charge in [-0.2, -0.15) is 0 Å². The van der Waals surface area contributed by atoms with Crippen LogP contribution in [0.5, 0.6) is 0 Å². The van der Waals surface area contributed by atoms with E-state index in [-0.39, 0.29) is 0 Å². The lowest BCUT2D eigenvalue weighted by Crippen LogP contribution is -2.26. The van der Waals surface area contributed by atoms with Crippen molar-refractivity contribution in [3.05, 3.63) is 47.0 Å². The van der Waals surface area contributed by atoms with Gasteiger partial charge in [-0.05, 0) is 42.8 Å². The van der Waals surface area contributed by atoms with E-state index in [9.17, 15) is 8.42 Å². The van der Waals surface area contributed by atoms with E-state index in [1.165, 1.54) is 23.6 Å². The first-order valence-corrected chi connectivity index (χ1v) is 10.8. The summed E-state index contributed by atoms with van der Waals surface area (Å²) in [5.74, 6) is 0. The fraction of sp³-hybridized carbons (Fsp3) is 0.294. The molecule has 0 amide bonds. The molecule has 3 rings (SSSR count). The van der Waals surface area contributed by atoms with Gasteiger partial charge in [0.2, 0.25) is 10.0 Å². The van der Waals surface area contributed by atoms with E-state index in [2.05, 4.69) is 43.3 Å². The summed E-state index contributed by atoms with van der Waals surface area (Å²) >= 11 is 2.39. The van der Waals surface area contributed by atoms with Crippen LogP contribution >= 0.6 is 22.6 Å². The molecule has 0 aliphatic carbocycles. The zero-order chi connectivity index (χ0) is 17.2. The molecule has 1 aliphatic rings. The van der Waals surface area contributed by atoms with Crippen molar-refractivity contribution in [3.8, 4) is 0 Å². The predicted octanol–water partition coefficient (Wildman–Crippen LogP) is 3.17. The number of alkyl halides is 1. The molecule has 0 unspecified atom stereocenters. The molecule has 5 nitrogen and oxygen atoms in total. The van der Waals surface area contributed by atoms with Gasteiger partial charge in [-0.15, -0.1) is 0 Å². The SMILES string of the molecule is CNS(=O)(=O)/C=C/c1ccc2[nH]cc(C3=CCN(CI)CC3)c2c1. The van der Waals surface area contributed by atoms with Crippen molar-refractivity contribution in [3.63, 3.8) is 0 Å². The van der Waals surface area contributed by atoms with Gasteiger partial charge in [0.05, 0.1) is 4.55 Å². The number of nitrogens with one attached hydrogen (secondary N) is 2. The normalized spacial score (nSPS) is 16.8. The highest BCUT2D eigenvalue weighted by atomic mass is 127. The highest BCUT2D eigenvalue weighted by Crippen LogP contribution is 2.30. The van der Waals surface area contributed by atoms with Crippen LogP contribution in [0.4, 0.5) is 0 Å². The Bertz CT molecular complexity index is 900. The molecule has 0 atom stereocenters. The molecule has 2 N–H and O–H groups in total. The minimum atomic E-state index is -3.35. The summed E-state index contributed by atoms with van der Waals surface area (Å²) in [6, 6.07) is 5.94. The number of hydrogen-bond donors (Lipinski definition) is 2. The van der Waals surface area contributed by atoms with Gasteiger partial charge in [0.15, 0.2) is 0 Å². The number of rotatable bonds is 5. The zero-order valence-electron chi connectivity index (χ0n) is 13.4. The summed E-state index contributed by atoms with van der Waals surface area (Å²) in [5.41, 5.74) is 4.50. The molecule has 1 aromatic carbocycles. The monoisotopic (exact) mass is 457 g/mol. The first-order valence-electron chi connectivity index (χ1n) is 7.73. The first-order chi connectivity index (χ1) is 11.5. The maximum atomic E-state index is 11.5. The second-order valence-corrected chi connectivity index (χ2v) is 8.19. The van der Waals surface area contributed by atoms with Crippen molar-refractivity contribution in [1.82, 2.24) is 14.6 Å². The van der Waals surface area contributed by atoms with Crippen LogP contribution in [-0.2, 0) is 10.0 Å². The second kappa shape index (κ2) is 7.38. The number of aromatic amines is 1. The maximum Gasteiger partial charge on any atom is 0.233 e. The van der Waals surface area contributed by atoms with Gasteiger partial charge in [0, 0.05) is 41.2 Å². The molecule has 2 aromatic rings. The summed E-state index contributed by atoms with van der Waals surface area (Å²) in [7, 11) is -1.95. The molecule has 0 radical (unpaired) electrons. The Morgan fingerprint density at radius 3 is 2.92 bits per heavy atom. The van der Waals surface area contributed by atoms with Crippen LogP contribution in [0.2, 0.25) is 0 Å². The third-order valence-electron chi connectivity index (χ3n) is 4.24. The van der Waals surface area contributed by atoms with Crippen molar-refractivity contribution in [2.75, 3.05) is 24.7 Å². The number of halogens is 1. The maximum absolute atomic E-state index is 11.5. The lowest BCUT2D eigenvalue weighted by Gasteiger charge is -2.23. The third kappa shape index (κ3) is 3.90. The summed E-state index contributed by atoms with van der Waals surface area (Å²) in [6.07, 6.45) is 6.99. The fourth-order valence-corrected chi connectivity index (χ4v) is 3.90. The third-order valence-corrected chi connectivity index (χ3v) is 6.27. The van der Waals surface area contributed by atoms with Gasteiger partial charge in [0.1, 0.15) is 0 Å². The average molecular weight is 457 g/mol. The van der Waals surface area contributed by atoms with E-state index < -0.39 is 10.0 Å². The van der Waals surface area contributed by atoms with Gasteiger partial charge < -0.3 is 4.98 Å². The van der Waals surface area contributed by atoms with Crippen LogP contribution in [0.25, 0.3) is 22.6 Å². The molecule has 24 heavy (non-hydrogen) atoms. The Morgan fingerprint density at radius 1 is 1.42 bits per heavy atom. The van der Waals surface area contributed by atoms with E-state index in [0.717, 1.165) is 40.5 Å². The molecule has 0 spiro atoms. The summed E-state index contributed by atoms with van der Waals surface area (Å²) < 4.78 is 26.4. The highest BCUT2D eigenvalue weighted by Gasteiger charge is 2.15. The number of nitrogens with zero attached hydrogens (tertiary/aromatic N) is 1. The Kier molecular flexibility index (Phi) is 5.43. The molecule has 0 saturated heterocycles. The summed E-state index contributed by atoms with van der Waals surface area (Å²) in [4.78, 5) is 5.71. The molecule has 1 aliphatic heterocycles. The highest BCUT2D eigenvalue weighted by molar-refractivity contribution is 14.1. The Balaban J connectivity index is 1.94. The largest absolute Gasteiger partial charge is 0.361 e. The van der Waals surface area contributed by atoms with E-state index in [4.69, 9.17) is 0 Å². The standard InChI is InChI=1S/C17H20IN3O2S/c1-19-24(22,23)9-6-13-2-3-17-15(10-13)16(11-20-17)14-4-7-21(12-18)8-5-14/h2-4,6,9-11,19-20H,5,7-8,12H2,1H3/b9-6+. The van der Waals surface area contributed by atoms with E-state index in [0.29, 0.717) is 0 Å². The molecule has 0 bridgehead atoms. The van der Waals surface area contributed by atoms with Gasteiger partial charge >= 0.3 is 0 Å². The van der Waals surface area contributed by atoms with Crippen molar-refractivity contribution < 1.29 is 8.42 Å². The van der Waals surface area contributed by atoms with Crippen LogP contribution in [0.1, 0.15) is 17.5 Å². The number of aromatic nitrogens is 1. The number of sulfonamides is 1. The second-order valence-electron chi connectivity index (χ2n) is 5.74. The van der Waals surface area contributed by atoms with Crippen LogP contribution in [0.3, 0.4) is 0 Å². The van der Waals surface area contributed by atoms with Crippen LogP contribution in [0.15, 0.2) is 35.9 Å². The zero-order valence-corrected chi connectivity index (χ0v) is 16.4.